The second-order valence-electron chi connectivity index (χ2n) is 5.52. The Hall–Kier alpha value is -1.54. The number of rotatable bonds is 3. The minimum atomic E-state index is -4.61. The van der Waals surface area contributed by atoms with Crippen LogP contribution >= 0.6 is 0 Å². The molecule has 0 radical (unpaired) electrons. The summed E-state index contributed by atoms with van der Waals surface area (Å²) in [6.07, 6.45) is -5.36. The van der Waals surface area contributed by atoms with Crippen LogP contribution in [0, 0.1) is 6.92 Å². The molecule has 0 aliphatic carbocycles. The molecule has 0 spiro atoms. The van der Waals surface area contributed by atoms with Gasteiger partial charge >= 0.3 is 12.1 Å². The number of ether oxygens (including phenoxy) is 1. The van der Waals surface area contributed by atoms with Gasteiger partial charge in [0.25, 0.3) is 0 Å². The molecule has 0 atom stereocenters. The van der Waals surface area contributed by atoms with Gasteiger partial charge in [0.1, 0.15) is 5.76 Å². The topological polar surface area (TPSA) is 62.9 Å². The molecule has 0 amide bonds. The van der Waals surface area contributed by atoms with Gasteiger partial charge < -0.3 is 14.3 Å². The van der Waals surface area contributed by atoms with Gasteiger partial charge in [0.15, 0.2) is 5.60 Å². The van der Waals surface area contributed by atoms with Gasteiger partial charge in [-0.3, -0.25) is 4.90 Å². The van der Waals surface area contributed by atoms with Gasteiger partial charge in [-0.25, -0.2) is 4.79 Å². The van der Waals surface area contributed by atoms with E-state index in [1.807, 2.05) is 0 Å². The molecule has 5 nitrogen and oxygen atoms in total. The van der Waals surface area contributed by atoms with Crippen molar-refractivity contribution in [1.82, 2.24) is 4.90 Å². The van der Waals surface area contributed by atoms with Crippen LogP contribution in [0.5, 0.6) is 0 Å². The van der Waals surface area contributed by atoms with Crippen molar-refractivity contribution in [2.45, 2.75) is 38.1 Å². The fraction of sp³-hybridized carbons (Fsp3) is 0.643. The van der Waals surface area contributed by atoms with Gasteiger partial charge in [-0.1, -0.05) is 0 Å². The number of likely N-dealkylation sites (tertiary alicyclic amines) is 1. The number of halogens is 3. The summed E-state index contributed by atoms with van der Waals surface area (Å²) in [6, 6.07) is 1.66. The van der Waals surface area contributed by atoms with Crippen LogP contribution in [0.15, 0.2) is 10.5 Å². The molecule has 0 bridgehead atoms. The highest BCUT2D eigenvalue weighted by atomic mass is 19.4. The predicted molar refractivity (Wildman–Crippen MR) is 70.3 cm³/mol. The lowest BCUT2D eigenvalue weighted by atomic mass is 9.91. The van der Waals surface area contributed by atoms with Crippen molar-refractivity contribution in [3.8, 4) is 0 Å². The third kappa shape index (κ3) is 3.27. The normalized spacial score (nSPS) is 19.2. The van der Waals surface area contributed by atoms with Crippen molar-refractivity contribution in [2.75, 3.05) is 20.2 Å². The molecule has 2 rings (SSSR count). The third-order valence-corrected chi connectivity index (χ3v) is 3.93. The Morgan fingerprint density at radius 2 is 2.05 bits per heavy atom. The fourth-order valence-electron chi connectivity index (χ4n) is 2.51. The Labute approximate surface area is 125 Å². The van der Waals surface area contributed by atoms with Crippen molar-refractivity contribution in [3.05, 3.63) is 23.2 Å². The number of esters is 1. The van der Waals surface area contributed by atoms with E-state index in [9.17, 15) is 23.1 Å². The highest BCUT2D eigenvalue weighted by molar-refractivity contribution is 5.87. The zero-order valence-corrected chi connectivity index (χ0v) is 12.4. The third-order valence-electron chi connectivity index (χ3n) is 3.93. The van der Waals surface area contributed by atoms with E-state index in [-0.39, 0.29) is 38.2 Å². The van der Waals surface area contributed by atoms with Crippen molar-refractivity contribution < 1.29 is 32.2 Å². The minimum absolute atomic E-state index is 0.0984. The number of aryl methyl sites for hydroxylation is 1. The summed E-state index contributed by atoms with van der Waals surface area (Å²) in [7, 11) is 1.24. The molecule has 0 unspecified atom stereocenters. The van der Waals surface area contributed by atoms with E-state index in [4.69, 9.17) is 4.42 Å². The molecule has 124 valence electrons. The monoisotopic (exact) mass is 321 g/mol. The number of methoxy groups -OCH3 is 1. The van der Waals surface area contributed by atoms with E-state index in [1.165, 1.54) is 7.11 Å². The van der Waals surface area contributed by atoms with Crippen LogP contribution in [0.4, 0.5) is 13.2 Å². The fourth-order valence-corrected chi connectivity index (χ4v) is 2.51. The Bertz CT molecular complexity index is 545. The second-order valence-corrected chi connectivity index (χ2v) is 5.52. The maximum Gasteiger partial charge on any atom is 0.417 e. The van der Waals surface area contributed by atoms with Gasteiger partial charge in [-0.2, -0.15) is 13.2 Å². The molecule has 8 heteroatoms. The van der Waals surface area contributed by atoms with Crippen LogP contribution < -0.4 is 0 Å². The van der Waals surface area contributed by atoms with Gasteiger partial charge in [-0.15, -0.1) is 0 Å². The molecule has 1 N–H and O–H groups in total. The van der Waals surface area contributed by atoms with Crippen LogP contribution in [0.3, 0.4) is 0 Å². The van der Waals surface area contributed by atoms with E-state index in [0.29, 0.717) is 11.3 Å². The number of nitrogens with zero attached hydrogens (tertiary/aromatic N) is 1. The largest absolute Gasteiger partial charge is 0.463 e. The predicted octanol–water partition coefficient (Wildman–Crippen LogP) is 2.26. The molecule has 1 fully saturated rings. The molecular formula is C14H18F3NO4. The van der Waals surface area contributed by atoms with Gasteiger partial charge in [-0.05, 0) is 25.8 Å². The summed E-state index contributed by atoms with van der Waals surface area (Å²) >= 11 is 0. The van der Waals surface area contributed by atoms with Crippen LogP contribution in [0.2, 0.25) is 0 Å². The van der Waals surface area contributed by atoms with Gasteiger partial charge in [0.05, 0.1) is 13.7 Å². The van der Waals surface area contributed by atoms with Crippen LogP contribution in [-0.4, -0.2) is 48.0 Å². The minimum Gasteiger partial charge on any atom is -0.463 e. The SMILES string of the molecule is COC(=O)c1oc(CN2CCC(O)(C(F)(F)F)CC2)cc1C. The van der Waals surface area contributed by atoms with E-state index in [2.05, 4.69) is 4.74 Å². The molecule has 1 aromatic heterocycles. The highest BCUT2D eigenvalue weighted by Crippen LogP contribution is 2.38. The first kappa shape index (κ1) is 16.8. The van der Waals surface area contributed by atoms with E-state index < -0.39 is 17.7 Å². The van der Waals surface area contributed by atoms with Gasteiger partial charge in [0, 0.05) is 18.7 Å². The number of carbonyl (C=O) groups excluding carboxylic acids is 1. The van der Waals surface area contributed by atoms with Crippen LogP contribution in [0.1, 0.15) is 34.7 Å². The maximum absolute atomic E-state index is 12.7. The van der Waals surface area contributed by atoms with Crippen molar-refractivity contribution in [3.63, 3.8) is 0 Å². The number of aliphatic hydroxyl groups is 1. The van der Waals surface area contributed by atoms with Crippen molar-refractivity contribution in [1.29, 1.82) is 0 Å². The first-order valence-electron chi connectivity index (χ1n) is 6.85. The number of hydrogen-bond acceptors (Lipinski definition) is 5. The maximum atomic E-state index is 12.7. The lowest BCUT2D eigenvalue weighted by Gasteiger charge is -2.38. The Kier molecular flexibility index (Phi) is 4.53. The average molecular weight is 321 g/mol. The first-order chi connectivity index (χ1) is 10.2. The number of alkyl halides is 3. The molecule has 0 aromatic carbocycles. The zero-order chi connectivity index (χ0) is 16.5. The summed E-state index contributed by atoms with van der Waals surface area (Å²) in [4.78, 5) is 13.2. The van der Waals surface area contributed by atoms with Crippen LogP contribution in [-0.2, 0) is 11.3 Å². The zero-order valence-electron chi connectivity index (χ0n) is 12.4. The van der Waals surface area contributed by atoms with Crippen molar-refractivity contribution in [2.24, 2.45) is 0 Å². The lowest BCUT2D eigenvalue weighted by molar-refractivity contribution is -0.273. The molecule has 1 aromatic rings. The summed E-state index contributed by atoms with van der Waals surface area (Å²) in [6.45, 7) is 2.18. The molecule has 0 saturated carbocycles. The number of piperidine rings is 1. The second kappa shape index (κ2) is 5.92. The first-order valence-corrected chi connectivity index (χ1v) is 6.85. The van der Waals surface area contributed by atoms with Crippen LogP contribution in [0.25, 0.3) is 0 Å². The Morgan fingerprint density at radius 1 is 1.45 bits per heavy atom. The average Bonchev–Trinajstić information content (AvgIpc) is 2.80. The molecule has 22 heavy (non-hydrogen) atoms. The number of hydrogen-bond donors (Lipinski definition) is 1. The molecule has 1 aliphatic rings. The summed E-state index contributed by atoms with van der Waals surface area (Å²) in [5.74, 6) is -0.00880. The van der Waals surface area contributed by atoms with E-state index >= 15 is 0 Å². The molecular weight excluding hydrogens is 303 g/mol. The van der Waals surface area contributed by atoms with Crippen molar-refractivity contribution >= 4 is 5.97 Å². The van der Waals surface area contributed by atoms with Gasteiger partial charge in [0.2, 0.25) is 5.76 Å². The molecule has 1 aliphatic heterocycles. The molecule has 1 saturated heterocycles. The summed E-state index contributed by atoms with van der Waals surface area (Å²) < 4.78 is 48.1. The smallest absolute Gasteiger partial charge is 0.417 e. The van der Waals surface area contributed by atoms with E-state index in [0.717, 1.165) is 0 Å². The quantitative estimate of drug-likeness (QED) is 0.865. The lowest BCUT2D eigenvalue weighted by Crippen LogP contribution is -2.53. The highest BCUT2D eigenvalue weighted by Gasteiger charge is 2.54. The summed E-state index contributed by atoms with van der Waals surface area (Å²) in [5, 5.41) is 9.61. The Morgan fingerprint density at radius 3 is 2.55 bits per heavy atom. The standard InChI is InChI=1S/C14H18F3NO4/c1-9-7-10(22-11(9)12(19)21-2)8-18-5-3-13(20,4-6-18)14(15,16)17/h7,20H,3-6,8H2,1-2H3. The molecule has 2 heterocycles. The number of carbonyl (C=O) groups is 1. The Balaban J connectivity index is 1.98. The number of furan rings is 1. The van der Waals surface area contributed by atoms with E-state index in [1.54, 1.807) is 17.9 Å². The summed E-state index contributed by atoms with van der Waals surface area (Å²) in [5.41, 5.74) is -2.00.